The molecule has 0 aromatic heterocycles. The van der Waals surface area contributed by atoms with Crippen molar-refractivity contribution in [2.45, 2.75) is 0 Å². The molecule has 5 rings (SSSR count). The van der Waals surface area contributed by atoms with E-state index in [1.807, 2.05) is 78.9 Å². The zero-order chi connectivity index (χ0) is 19.1. The molecule has 0 spiro atoms. The minimum Gasteiger partial charge on any atom is -0.285 e. The van der Waals surface area contributed by atoms with Crippen LogP contribution in [0.1, 0.15) is 20.7 Å². The first-order chi connectivity index (χ1) is 13.8. The summed E-state index contributed by atoms with van der Waals surface area (Å²) in [7, 11) is 0. The van der Waals surface area contributed by atoms with E-state index in [9.17, 15) is 9.59 Å². The Bertz CT molecular complexity index is 1200. The van der Waals surface area contributed by atoms with Crippen LogP contribution in [0.2, 0.25) is 0 Å². The van der Waals surface area contributed by atoms with Crippen LogP contribution in [0.4, 0.5) is 0 Å². The minimum atomic E-state index is -0.475. The smallest absolute Gasteiger partial charge is 0.234 e. The van der Waals surface area contributed by atoms with Gasteiger partial charge in [-0.3, -0.25) is 9.59 Å². The summed E-state index contributed by atoms with van der Waals surface area (Å²) in [6, 6.07) is 30.5. The predicted octanol–water partition coefficient (Wildman–Crippen LogP) is 6.07. The number of hydrogen-bond donors (Lipinski definition) is 0. The molecule has 0 atom stereocenters. The summed E-state index contributed by atoms with van der Waals surface area (Å²) in [6.45, 7) is 0. The first kappa shape index (κ1) is 16.4. The molecule has 0 unspecified atom stereocenters. The molecule has 0 radical (unpaired) electrons. The molecule has 132 valence electrons. The van der Waals surface area contributed by atoms with Crippen LogP contribution in [-0.4, -0.2) is 11.6 Å². The predicted molar refractivity (Wildman–Crippen MR) is 111 cm³/mol. The maximum Gasteiger partial charge on any atom is 0.234 e. The molecule has 0 amide bonds. The van der Waals surface area contributed by atoms with E-state index in [4.69, 9.17) is 0 Å². The van der Waals surface area contributed by atoms with Gasteiger partial charge in [0.2, 0.25) is 11.6 Å². The van der Waals surface area contributed by atoms with Gasteiger partial charge in [-0.2, -0.15) is 0 Å². The van der Waals surface area contributed by atoms with E-state index >= 15 is 0 Å². The third-order valence-electron chi connectivity index (χ3n) is 5.26. The van der Waals surface area contributed by atoms with Crippen molar-refractivity contribution in [2.75, 3.05) is 0 Å². The lowest BCUT2D eigenvalue weighted by atomic mass is 9.76. The number of Topliss-reactive ketones (excluding diaryl/α,β-unsaturated/α-hetero) is 2. The summed E-state index contributed by atoms with van der Waals surface area (Å²) in [4.78, 5) is 26.4. The summed E-state index contributed by atoms with van der Waals surface area (Å²) >= 11 is 0. The van der Waals surface area contributed by atoms with Gasteiger partial charge in [0.25, 0.3) is 0 Å². The monoisotopic (exact) mass is 360 g/mol. The lowest BCUT2D eigenvalue weighted by molar-refractivity contribution is 0.0817. The summed E-state index contributed by atoms with van der Waals surface area (Å²) in [5.41, 5.74) is 6.68. The highest BCUT2D eigenvalue weighted by Crippen LogP contribution is 2.48. The molecule has 4 aromatic rings. The fraction of sp³-hybridized carbons (Fsp3) is 0. The van der Waals surface area contributed by atoms with Crippen LogP contribution in [0.15, 0.2) is 97.1 Å². The summed E-state index contributed by atoms with van der Waals surface area (Å²) in [6.07, 6.45) is 0. The Labute approximate surface area is 163 Å². The molecule has 0 heterocycles. The van der Waals surface area contributed by atoms with Gasteiger partial charge in [-0.15, -0.1) is 0 Å². The number of benzene rings is 4. The van der Waals surface area contributed by atoms with Gasteiger partial charge in [0, 0.05) is 16.7 Å². The van der Waals surface area contributed by atoms with Gasteiger partial charge in [0.15, 0.2) is 0 Å². The van der Waals surface area contributed by atoms with Crippen molar-refractivity contribution in [3.8, 4) is 33.4 Å². The molecule has 0 fully saturated rings. The first-order valence-electron chi connectivity index (χ1n) is 9.22. The highest BCUT2D eigenvalue weighted by molar-refractivity contribution is 6.51. The Balaban J connectivity index is 1.58. The average molecular weight is 360 g/mol. The second-order valence-corrected chi connectivity index (χ2v) is 6.84. The molecule has 1 aliphatic carbocycles. The molecule has 0 saturated heterocycles. The van der Waals surface area contributed by atoms with Gasteiger partial charge in [-0.1, -0.05) is 97.1 Å². The van der Waals surface area contributed by atoms with Crippen molar-refractivity contribution in [1.29, 1.82) is 0 Å². The maximum absolute atomic E-state index is 13.2. The summed E-state index contributed by atoms with van der Waals surface area (Å²) in [5, 5.41) is 0. The van der Waals surface area contributed by atoms with Gasteiger partial charge in [0.05, 0.1) is 0 Å². The van der Waals surface area contributed by atoms with Crippen molar-refractivity contribution in [1.82, 2.24) is 0 Å². The maximum atomic E-state index is 13.2. The van der Waals surface area contributed by atoms with E-state index in [1.54, 1.807) is 18.2 Å². The highest BCUT2D eigenvalue weighted by atomic mass is 16.2. The topological polar surface area (TPSA) is 34.1 Å². The Morgan fingerprint density at radius 3 is 1.75 bits per heavy atom. The van der Waals surface area contributed by atoms with E-state index in [0.29, 0.717) is 11.1 Å². The third kappa shape index (κ3) is 2.43. The largest absolute Gasteiger partial charge is 0.285 e. The number of fused-ring (bicyclic) bond motifs is 4. The van der Waals surface area contributed by atoms with Crippen molar-refractivity contribution in [2.24, 2.45) is 0 Å². The van der Waals surface area contributed by atoms with Gasteiger partial charge in [-0.25, -0.2) is 0 Å². The first-order valence-corrected chi connectivity index (χ1v) is 9.22. The number of ketones is 2. The average Bonchev–Trinajstić information content (AvgIpc) is 2.76. The van der Waals surface area contributed by atoms with Crippen molar-refractivity contribution < 1.29 is 9.59 Å². The fourth-order valence-corrected chi connectivity index (χ4v) is 3.92. The molecule has 0 aliphatic heterocycles. The molecule has 0 bridgehead atoms. The van der Waals surface area contributed by atoms with Crippen LogP contribution in [0.5, 0.6) is 0 Å². The van der Waals surface area contributed by atoms with Crippen molar-refractivity contribution >= 4 is 11.6 Å². The van der Waals surface area contributed by atoms with Gasteiger partial charge >= 0.3 is 0 Å². The van der Waals surface area contributed by atoms with E-state index in [-0.39, 0.29) is 0 Å². The van der Waals surface area contributed by atoms with Crippen LogP contribution in [0, 0.1) is 0 Å². The molecule has 2 nitrogen and oxygen atoms in total. The van der Waals surface area contributed by atoms with Crippen LogP contribution < -0.4 is 0 Å². The number of carbonyl (C=O) groups excluding carboxylic acids is 2. The second-order valence-electron chi connectivity index (χ2n) is 6.84. The normalized spacial score (nSPS) is 11.1. The quantitative estimate of drug-likeness (QED) is 0.288. The SMILES string of the molecule is O=C(C(=O)c1cccc2c1-c1ccccc1-2)c1ccccc1-c1ccccc1. The number of hydrogen-bond acceptors (Lipinski definition) is 2. The molecule has 28 heavy (non-hydrogen) atoms. The summed E-state index contributed by atoms with van der Waals surface area (Å²) < 4.78 is 0. The zero-order valence-corrected chi connectivity index (χ0v) is 15.1. The molecular weight excluding hydrogens is 344 g/mol. The highest BCUT2D eigenvalue weighted by Gasteiger charge is 2.30. The van der Waals surface area contributed by atoms with Gasteiger partial charge in [0.1, 0.15) is 0 Å². The van der Waals surface area contributed by atoms with Gasteiger partial charge < -0.3 is 0 Å². The molecule has 1 aliphatic rings. The summed E-state index contributed by atoms with van der Waals surface area (Å²) in [5.74, 6) is -0.938. The molecule has 0 saturated carbocycles. The Morgan fingerprint density at radius 1 is 0.429 bits per heavy atom. The standard InChI is InChI=1S/C26H16O2/c27-25(22-14-7-4-11-18(22)17-9-2-1-3-10-17)26(28)23-16-8-15-21-19-12-5-6-13-20(19)24(21)23/h1-16H. The number of carbonyl (C=O) groups is 2. The molecule has 2 heteroatoms. The van der Waals surface area contributed by atoms with E-state index in [0.717, 1.165) is 33.4 Å². The fourth-order valence-electron chi connectivity index (χ4n) is 3.92. The van der Waals surface area contributed by atoms with Crippen molar-refractivity contribution in [3.05, 3.63) is 108 Å². The number of rotatable bonds is 4. The van der Waals surface area contributed by atoms with E-state index in [2.05, 4.69) is 0 Å². The Kier molecular flexibility index (Phi) is 3.77. The second kappa shape index (κ2) is 6.43. The minimum absolute atomic E-state index is 0.434. The van der Waals surface area contributed by atoms with Crippen LogP contribution in [-0.2, 0) is 0 Å². The lowest BCUT2D eigenvalue weighted by Crippen LogP contribution is -2.18. The molecular formula is C26H16O2. The third-order valence-corrected chi connectivity index (χ3v) is 5.26. The van der Waals surface area contributed by atoms with E-state index < -0.39 is 11.6 Å². The van der Waals surface area contributed by atoms with Gasteiger partial charge in [-0.05, 0) is 27.8 Å². The Morgan fingerprint density at radius 2 is 0.964 bits per heavy atom. The Hall–Kier alpha value is -3.78. The zero-order valence-electron chi connectivity index (χ0n) is 15.1. The molecule has 4 aromatic carbocycles. The molecule has 0 N–H and O–H groups in total. The van der Waals surface area contributed by atoms with Crippen molar-refractivity contribution in [3.63, 3.8) is 0 Å². The van der Waals surface area contributed by atoms with Crippen LogP contribution >= 0.6 is 0 Å². The van der Waals surface area contributed by atoms with Crippen LogP contribution in [0.3, 0.4) is 0 Å². The van der Waals surface area contributed by atoms with Crippen LogP contribution in [0.25, 0.3) is 33.4 Å². The van der Waals surface area contributed by atoms with E-state index in [1.165, 1.54) is 0 Å². The lowest BCUT2D eigenvalue weighted by Gasteiger charge is -2.26.